The van der Waals surface area contributed by atoms with Crippen LogP contribution in [0, 0.1) is 44.4 Å². The summed E-state index contributed by atoms with van der Waals surface area (Å²) in [6.07, 6.45) is 14.1. The van der Waals surface area contributed by atoms with E-state index in [1.165, 1.54) is 33.0 Å². The van der Waals surface area contributed by atoms with Crippen molar-refractivity contribution in [3.63, 3.8) is 0 Å². The van der Waals surface area contributed by atoms with Crippen molar-refractivity contribution in [2.45, 2.75) is 53.6 Å². The molecule has 1 heterocycles. The summed E-state index contributed by atoms with van der Waals surface area (Å²) >= 11 is 0. The summed E-state index contributed by atoms with van der Waals surface area (Å²) in [6, 6.07) is 58.6. The highest BCUT2D eigenvalue weighted by molar-refractivity contribution is 6.03. The normalized spacial score (nSPS) is 11.4. The standard InChI is InChI=1S/C50H44N4.C12H11N/c1-7-9-21-48-36(4)37(5)49(32-42(16-8-2)41-24-22-40(23-25-41)39-19-14-11-15-20-39)54(48)47-30-45(43-26-27-44(33-51)35(3)28-43)29-46(31-47)50(52-6)53-34-38-17-12-10-13-18-38;1-13-9-10-6-7-11-4-2-3-5-12(11)8-10/h2,9-15,17-32H,6-7,16,34H2,1,3-5H3;2-8H,1,9H2/b21-9-,42-32+,53-50?;. The van der Waals surface area contributed by atoms with Crippen molar-refractivity contribution >= 4 is 47.8 Å². The van der Waals surface area contributed by atoms with Crippen LogP contribution in [0.1, 0.15) is 75.7 Å². The molecular formula is C62H55N5. The Balaban J connectivity index is 0.000000438. The summed E-state index contributed by atoms with van der Waals surface area (Å²) in [5, 5.41) is 12.2. The van der Waals surface area contributed by atoms with Crippen LogP contribution in [-0.4, -0.2) is 23.8 Å². The molecule has 0 aliphatic carbocycles. The first-order valence-electron chi connectivity index (χ1n) is 22.6. The highest BCUT2D eigenvalue weighted by atomic mass is 15.0. The maximum Gasteiger partial charge on any atom is 0.154 e. The predicted octanol–water partition coefficient (Wildman–Crippen LogP) is 15.3. The number of benzene rings is 7. The van der Waals surface area contributed by atoms with Gasteiger partial charge in [0, 0.05) is 29.1 Å². The average molecular weight is 870 g/mol. The predicted molar refractivity (Wildman–Crippen MR) is 286 cm³/mol. The number of hydrogen-bond donors (Lipinski definition) is 0. The van der Waals surface area contributed by atoms with Crippen molar-refractivity contribution in [2.24, 2.45) is 15.0 Å². The van der Waals surface area contributed by atoms with Gasteiger partial charge in [0.15, 0.2) is 5.84 Å². The van der Waals surface area contributed by atoms with Crippen LogP contribution < -0.4 is 0 Å². The van der Waals surface area contributed by atoms with Crippen LogP contribution >= 0.6 is 0 Å². The number of hydrogen-bond acceptors (Lipinski definition) is 3. The minimum Gasteiger partial charge on any atom is -0.310 e. The molecule has 0 saturated carbocycles. The van der Waals surface area contributed by atoms with Gasteiger partial charge in [0.25, 0.3) is 0 Å². The largest absolute Gasteiger partial charge is 0.310 e. The molecule has 0 bridgehead atoms. The molecule has 8 rings (SSSR count). The molecule has 0 aliphatic heterocycles. The van der Waals surface area contributed by atoms with Crippen molar-refractivity contribution in [3.8, 4) is 46.4 Å². The number of nitrogens with zero attached hydrogens (tertiary/aromatic N) is 5. The molecule has 8 aromatic rings. The first-order valence-corrected chi connectivity index (χ1v) is 22.6. The monoisotopic (exact) mass is 869 g/mol. The second-order valence-corrected chi connectivity index (χ2v) is 16.4. The molecule has 0 unspecified atom stereocenters. The van der Waals surface area contributed by atoms with E-state index in [9.17, 15) is 5.26 Å². The van der Waals surface area contributed by atoms with E-state index in [1.807, 2.05) is 55.5 Å². The lowest BCUT2D eigenvalue weighted by Crippen LogP contribution is -2.05. The smallest absolute Gasteiger partial charge is 0.154 e. The van der Waals surface area contributed by atoms with Crippen molar-refractivity contribution < 1.29 is 0 Å². The zero-order valence-electron chi connectivity index (χ0n) is 38.9. The van der Waals surface area contributed by atoms with Gasteiger partial charge in [-0.1, -0.05) is 146 Å². The zero-order valence-corrected chi connectivity index (χ0v) is 38.9. The number of fused-ring (bicyclic) bond motifs is 1. The van der Waals surface area contributed by atoms with E-state index in [0.717, 1.165) is 68.0 Å². The lowest BCUT2D eigenvalue weighted by atomic mass is 9.97. The lowest BCUT2D eigenvalue weighted by Gasteiger charge is -2.17. The van der Waals surface area contributed by atoms with E-state index in [1.54, 1.807) is 0 Å². The molecule has 5 nitrogen and oxygen atoms in total. The fraction of sp³-hybridized carbons (Fsp3) is 0.129. The van der Waals surface area contributed by atoms with E-state index in [2.05, 4.69) is 194 Å². The molecule has 0 amide bonds. The quantitative estimate of drug-likeness (QED) is 0.0647. The number of aliphatic imine (C=N–C) groups is 3. The Labute approximate surface area is 396 Å². The highest BCUT2D eigenvalue weighted by Gasteiger charge is 2.20. The third kappa shape index (κ3) is 11.3. The van der Waals surface area contributed by atoms with Crippen LogP contribution in [0.15, 0.2) is 185 Å². The van der Waals surface area contributed by atoms with E-state index in [4.69, 9.17) is 11.4 Å². The van der Waals surface area contributed by atoms with Crippen molar-refractivity contribution in [3.05, 3.63) is 226 Å². The Morgan fingerprint density at radius 1 is 0.642 bits per heavy atom. The highest BCUT2D eigenvalue weighted by Crippen LogP contribution is 2.35. The minimum atomic E-state index is 0.473. The molecule has 0 radical (unpaired) electrons. The Kier molecular flexibility index (Phi) is 15.6. The third-order valence-corrected chi connectivity index (χ3v) is 11.9. The fourth-order valence-electron chi connectivity index (χ4n) is 8.20. The molecule has 7 aromatic carbocycles. The molecule has 1 aromatic heterocycles. The van der Waals surface area contributed by atoms with Gasteiger partial charge >= 0.3 is 0 Å². The summed E-state index contributed by atoms with van der Waals surface area (Å²) in [5.41, 5.74) is 16.6. The first kappa shape index (κ1) is 46.6. The Morgan fingerprint density at radius 3 is 1.99 bits per heavy atom. The van der Waals surface area contributed by atoms with Crippen LogP contribution in [0.3, 0.4) is 0 Å². The van der Waals surface area contributed by atoms with E-state index >= 15 is 0 Å². The molecule has 328 valence electrons. The minimum absolute atomic E-state index is 0.473. The van der Waals surface area contributed by atoms with Gasteiger partial charge in [0.2, 0.25) is 0 Å². The topological polar surface area (TPSA) is 65.8 Å². The number of rotatable bonds is 13. The number of aryl methyl sites for hydroxylation is 1. The third-order valence-electron chi connectivity index (χ3n) is 11.9. The lowest BCUT2D eigenvalue weighted by molar-refractivity contribution is 1.03. The summed E-state index contributed by atoms with van der Waals surface area (Å²) in [5.74, 6) is 3.48. The van der Waals surface area contributed by atoms with Gasteiger partial charge < -0.3 is 4.57 Å². The van der Waals surface area contributed by atoms with Gasteiger partial charge in [0.05, 0.1) is 24.7 Å². The van der Waals surface area contributed by atoms with Crippen molar-refractivity contribution in [1.82, 2.24) is 4.57 Å². The molecule has 0 spiro atoms. The van der Waals surface area contributed by atoms with Gasteiger partial charge in [-0.05, 0) is 155 Å². The van der Waals surface area contributed by atoms with E-state index < -0.39 is 0 Å². The van der Waals surface area contributed by atoms with Gasteiger partial charge in [-0.2, -0.15) is 5.26 Å². The van der Waals surface area contributed by atoms with Gasteiger partial charge in [-0.3, -0.25) is 9.98 Å². The molecule has 67 heavy (non-hydrogen) atoms. The summed E-state index contributed by atoms with van der Waals surface area (Å²) in [6.45, 7) is 17.1. The van der Waals surface area contributed by atoms with Crippen LogP contribution in [0.2, 0.25) is 0 Å². The molecule has 0 atom stereocenters. The zero-order chi connectivity index (χ0) is 47.1. The number of terminal acetylenes is 1. The van der Waals surface area contributed by atoms with Gasteiger partial charge in [-0.25, -0.2) is 4.99 Å². The second-order valence-electron chi connectivity index (χ2n) is 16.4. The van der Waals surface area contributed by atoms with E-state index in [-0.39, 0.29) is 0 Å². The maximum absolute atomic E-state index is 9.68. The Morgan fingerprint density at radius 2 is 1.31 bits per heavy atom. The second kappa shape index (κ2) is 22.5. The van der Waals surface area contributed by atoms with Crippen molar-refractivity contribution in [2.75, 3.05) is 0 Å². The van der Waals surface area contributed by atoms with Crippen molar-refractivity contribution in [1.29, 1.82) is 5.26 Å². The van der Waals surface area contributed by atoms with Gasteiger partial charge in [0.1, 0.15) is 0 Å². The molecule has 5 heteroatoms. The average Bonchev–Trinajstić information content (AvgIpc) is 3.60. The number of aromatic nitrogens is 1. The summed E-state index contributed by atoms with van der Waals surface area (Å²) in [7, 11) is 0. The molecule has 0 aliphatic rings. The molecular weight excluding hydrogens is 815 g/mol. The fourth-order valence-corrected chi connectivity index (χ4v) is 8.20. The summed E-state index contributed by atoms with van der Waals surface area (Å²) < 4.78 is 2.33. The summed E-state index contributed by atoms with van der Waals surface area (Å²) in [4.78, 5) is 13.3. The van der Waals surface area contributed by atoms with Crippen LogP contribution in [0.4, 0.5) is 0 Å². The van der Waals surface area contributed by atoms with E-state index in [0.29, 0.717) is 30.9 Å². The number of nitriles is 1. The number of allylic oxidation sites excluding steroid dienone is 2. The molecule has 0 N–H and O–H groups in total. The first-order chi connectivity index (χ1) is 32.7. The molecule has 0 saturated heterocycles. The van der Waals surface area contributed by atoms with Crippen LogP contribution in [0.5, 0.6) is 0 Å². The number of amidine groups is 1. The Hall–Kier alpha value is -8.38. The Bertz CT molecular complexity index is 3200. The SMILES string of the molecule is C#CC/C(=C\c1c(C)c(C)c(/C=C\CC)n1-c1cc(C(N=C)=NCc2ccccc2)cc(-c2ccc(C#N)c(C)c2)c1)c1ccc(-c2ccccc2)cc1.C=NCc1ccc2ccccc2c1. The van der Waals surface area contributed by atoms with Crippen LogP contribution in [-0.2, 0) is 13.1 Å². The maximum atomic E-state index is 9.68. The molecule has 0 fully saturated rings. The van der Waals surface area contributed by atoms with Crippen LogP contribution in [0.25, 0.3) is 56.4 Å². The van der Waals surface area contributed by atoms with Gasteiger partial charge in [-0.15, -0.1) is 12.3 Å².